The van der Waals surface area contributed by atoms with Crippen LogP contribution in [-0.2, 0) is 11.2 Å². The van der Waals surface area contributed by atoms with Crippen molar-refractivity contribution in [2.24, 2.45) is 0 Å². The number of anilines is 1. The third-order valence-electron chi connectivity index (χ3n) is 3.56. The summed E-state index contributed by atoms with van der Waals surface area (Å²) in [5.74, 6) is 0.327. The molecule has 1 amide bonds. The van der Waals surface area contributed by atoms with Gasteiger partial charge in [-0.2, -0.15) is 0 Å². The van der Waals surface area contributed by atoms with Crippen molar-refractivity contribution in [3.63, 3.8) is 0 Å². The first-order chi connectivity index (χ1) is 11.1. The number of aromatic nitrogens is 2. The molecule has 0 atom stereocenters. The third kappa shape index (κ3) is 3.68. The van der Waals surface area contributed by atoms with Gasteiger partial charge in [-0.25, -0.2) is 4.98 Å². The summed E-state index contributed by atoms with van der Waals surface area (Å²) in [6, 6.07) is 11.8. The van der Waals surface area contributed by atoms with E-state index in [4.69, 9.17) is 0 Å². The number of benzene rings is 1. The highest BCUT2D eigenvalue weighted by molar-refractivity contribution is 7.12. The maximum absolute atomic E-state index is 12.3. The topological polar surface area (TPSA) is 46.9 Å². The molecule has 2 heterocycles. The second kappa shape index (κ2) is 6.79. The van der Waals surface area contributed by atoms with Gasteiger partial charge in [-0.05, 0) is 29.7 Å². The Morgan fingerprint density at radius 2 is 1.96 bits per heavy atom. The Hall–Kier alpha value is -2.40. The Bertz CT molecular complexity index is 790. The van der Waals surface area contributed by atoms with Gasteiger partial charge in [-0.1, -0.05) is 32.0 Å². The molecule has 0 spiro atoms. The molecular formula is C18H19N3OS. The molecular weight excluding hydrogens is 306 g/mol. The molecule has 1 aromatic carbocycles. The van der Waals surface area contributed by atoms with E-state index in [2.05, 4.69) is 24.1 Å². The molecule has 4 nitrogen and oxygen atoms in total. The minimum absolute atomic E-state index is 0.0394. The first-order valence-electron chi connectivity index (χ1n) is 7.60. The van der Waals surface area contributed by atoms with E-state index in [0.717, 1.165) is 22.1 Å². The van der Waals surface area contributed by atoms with E-state index in [1.807, 2.05) is 58.7 Å². The van der Waals surface area contributed by atoms with Crippen molar-refractivity contribution in [2.75, 3.05) is 5.32 Å². The van der Waals surface area contributed by atoms with E-state index >= 15 is 0 Å². The molecule has 5 heteroatoms. The number of nitrogens with zero attached hydrogens (tertiary/aromatic N) is 2. The van der Waals surface area contributed by atoms with E-state index in [0.29, 0.717) is 5.92 Å². The molecule has 1 N–H and O–H groups in total. The van der Waals surface area contributed by atoms with Crippen molar-refractivity contribution in [1.82, 2.24) is 9.55 Å². The maximum Gasteiger partial charge on any atom is 0.230 e. The molecule has 0 radical (unpaired) electrons. The molecule has 3 aromatic rings. The number of carbonyl (C=O) groups is 1. The normalized spacial score (nSPS) is 10.9. The van der Waals surface area contributed by atoms with Crippen molar-refractivity contribution >= 4 is 22.9 Å². The lowest BCUT2D eigenvalue weighted by Gasteiger charge is -2.13. The Kier molecular flexibility index (Phi) is 4.57. The van der Waals surface area contributed by atoms with E-state index in [-0.39, 0.29) is 12.3 Å². The number of carbonyl (C=O) groups excluding carboxylic acids is 1. The Morgan fingerprint density at radius 1 is 1.22 bits per heavy atom. The first-order valence-corrected chi connectivity index (χ1v) is 8.48. The molecule has 0 fully saturated rings. The predicted octanol–water partition coefficient (Wildman–Crippen LogP) is 4.24. The van der Waals surface area contributed by atoms with Gasteiger partial charge >= 0.3 is 0 Å². The Balaban J connectivity index is 1.69. The van der Waals surface area contributed by atoms with Gasteiger partial charge in [-0.3, -0.25) is 4.79 Å². The largest absolute Gasteiger partial charge is 0.325 e. The summed E-state index contributed by atoms with van der Waals surface area (Å²) in [5, 5.41) is 5.81. The van der Waals surface area contributed by atoms with Crippen LogP contribution < -0.4 is 5.32 Å². The summed E-state index contributed by atoms with van der Waals surface area (Å²) in [4.78, 5) is 16.8. The smallest absolute Gasteiger partial charge is 0.230 e. The average molecular weight is 325 g/mol. The summed E-state index contributed by atoms with van der Waals surface area (Å²) in [6.07, 6.45) is 4.17. The van der Waals surface area contributed by atoms with Crippen molar-refractivity contribution < 1.29 is 4.79 Å². The monoisotopic (exact) mass is 325 g/mol. The lowest BCUT2D eigenvalue weighted by Crippen LogP contribution is -2.16. The molecule has 3 rings (SSSR count). The van der Waals surface area contributed by atoms with Crippen LogP contribution in [0.1, 0.15) is 31.0 Å². The SMILES string of the molecule is CC(C)c1ccccc1NC(=O)Cc1csc(-n2cccc2)n1. The van der Waals surface area contributed by atoms with Gasteiger partial charge < -0.3 is 9.88 Å². The lowest BCUT2D eigenvalue weighted by molar-refractivity contribution is -0.115. The number of thiazole rings is 1. The zero-order valence-corrected chi connectivity index (χ0v) is 14.0. The van der Waals surface area contributed by atoms with Crippen LogP contribution in [0.5, 0.6) is 0 Å². The van der Waals surface area contributed by atoms with Crippen LogP contribution in [0.3, 0.4) is 0 Å². The van der Waals surface area contributed by atoms with Crippen molar-refractivity contribution in [3.8, 4) is 5.13 Å². The van der Waals surface area contributed by atoms with Gasteiger partial charge in [0.2, 0.25) is 5.91 Å². The van der Waals surface area contributed by atoms with E-state index < -0.39 is 0 Å². The highest BCUT2D eigenvalue weighted by Gasteiger charge is 2.12. The fourth-order valence-corrected chi connectivity index (χ4v) is 3.22. The highest BCUT2D eigenvalue weighted by Crippen LogP contribution is 2.24. The van der Waals surface area contributed by atoms with Crippen LogP contribution in [-0.4, -0.2) is 15.5 Å². The van der Waals surface area contributed by atoms with Crippen molar-refractivity contribution in [2.45, 2.75) is 26.2 Å². The molecule has 0 unspecified atom stereocenters. The van der Waals surface area contributed by atoms with E-state index in [1.165, 1.54) is 11.3 Å². The molecule has 0 saturated heterocycles. The molecule has 118 valence electrons. The number of hydrogen-bond donors (Lipinski definition) is 1. The molecule has 0 aliphatic rings. The summed E-state index contributed by atoms with van der Waals surface area (Å²) in [7, 11) is 0. The van der Waals surface area contributed by atoms with Gasteiger partial charge in [0, 0.05) is 23.5 Å². The molecule has 0 aliphatic carbocycles. The average Bonchev–Trinajstić information content (AvgIpc) is 3.18. The number of para-hydroxylation sites is 1. The second-order valence-electron chi connectivity index (χ2n) is 5.68. The molecule has 2 aromatic heterocycles. The van der Waals surface area contributed by atoms with Gasteiger partial charge in [0.05, 0.1) is 12.1 Å². The van der Waals surface area contributed by atoms with E-state index in [1.54, 1.807) is 0 Å². The van der Waals surface area contributed by atoms with Crippen LogP contribution in [0, 0.1) is 0 Å². The number of rotatable bonds is 5. The Labute approximate surface area is 139 Å². The van der Waals surface area contributed by atoms with Crippen LogP contribution in [0.25, 0.3) is 5.13 Å². The zero-order valence-electron chi connectivity index (χ0n) is 13.2. The van der Waals surface area contributed by atoms with Gasteiger partial charge in [0.25, 0.3) is 0 Å². The minimum atomic E-state index is -0.0394. The maximum atomic E-state index is 12.3. The van der Waals surface area contributed by atoms with Crippen LogP contribution in [0.4, 0.5) is 5.69 Å². The van der Waals surface area contributed by atoms with Crippen LogP contribution in [0.2, 0.25) is 0 Å². The number of amides is 1. The minimum Gasteiger partial charge on any atom is -0.325 e. The zero-order chi connectivity index (χ0) is 16.2. The first kappa shape index (κ1) is 15.5. The highest BCUT2D eigenvalue weighted by atomic mass is 32.1. The number of hydrogen-bond acceptors (Lipinski definition) is 3. The lowest BCUT2D eigenvalue weighted by atomic mass is 10.0. The van der Waals surface area contributed by atoms with Gasteiger partial charge in [0.1, 0.15) is 0 Å². The number of nitrogens with one attached hydrogen (secondary N) is 1. The summed E-state index contributed by atoms with van der Waals surface area (Å²) >= 11 is 1.54. The molecule has 0 aliphatic heterocycles. The molecule has 23 heavy (non-hydrogen) atoms. The quantitative estimate of drug-likeness (QED) is 0.763. The van der Waals surface area contributed by atoms with Crippen LogP contribution in [0.15, 0.2) is 54.2 Å². The predicted molar refractivity (Wildman–Crippen MR) is 94.3 cm³/mol. The van der Waals surface area contributed by atoms with Crippen LogP contribution >= 0.6 is 11.3 Å². The van der Waals surface area contributed by atoms with Gasteiger partial charge in [-0.15, -0.1) is 11.3 Å². The third-order valence-corrected chi connectivity index (χ3v) is 4.47. The second-order valence-corrected chi connectivity index (χ2v) is 6.52. The fourth-order valence-electron chi connectivity index (χ4n) is 2.43. The summed E-state index contributed by atoms with van der Waals surface area (Å²) in [5.41, 5.74) is 2.82. The van der Waals surface area contributed by atoms with Crippen molar-refractivity contribution in [3.05, 3.63) is 65.4 Å². The summed E-state index contributed by atoms with van der Waals surface area (Å²) < 4.78 is 1.94. The van der Waals surface area contributed by atoms with Gasteiger partial charge in [0.15, 0.2) is 5.13 Å². The van der Waals surface area contributed by atoms with Crippen molar-refractivity contribution in [1.29, 1.82) is 0 Å². The molecule has 0 saturated carbocycles. The summed E-state index contributed by atoms with van der Waals surface area (Å²) in [6.45, 7) is 4.24. The van der Waals surface area contributed by atoms with E-state index in [9.17, 15) is 4.79 Å². The molecule has 0 bridgehead atoms. The standard InChI is InChI=1S/C18H19N3OS/c1-13(2)15-7-3-4-8-16(15)20-17(22)11-14-12-23-18(19-14)21-9-5-6-10-21/h3-10,12-13H,11H2,1-2H3,(H,20,22). The Morgan fingerprint density at radius 3 is 2.70 bits per heavy atom. The fraction of sp³-hybridized carbons (Fsp3) is 0.222.